The van der Waals surface area contributed by atoms with E-state index >= 15 is 0 Å². The Morgan fingerprint density at radius 3 is 2.63 bits per heavy atom. The highest BCUT2D eigenvalue weighted by atomic mass is 32.1. The largest absolute Gasteiger partial charge is 0.493 e. The Balaban J connectivity index is 1.48. The van der Waals surface area contributed by atoms with Gasteiger partial charge in [-0.05, 0) is 36.2 Å². The third-order valence-electron chi connectivity index (χ3n) is 4.56. The van der Waals surface area contributed by atoms with Crippen molar-refractivity contribution in [2.75, 3.05) is 20.8 Å². The Kier molecular flexibility index (Phi) is 5.85. The number of aromatic nitrogens is 3. The van der Waals surface area contributed by atoms with Crippen LogP contribution in [0.4, 0.5) is 0 Å². The number of carbonyl (C=O) groups excluding carboxylic acids is 1. The molecular formula is C22H20N4O3S. The van der Waals surface area contributed by atoms with Crippen LogP contribution in [-0.2, 0) is 6.42 Å². The molecule has 0 aliphatic heterocycles. The van der Waals surface area contributed by atoms with Crippen molar-refractivity contribution in [3.63, 3.8) is 0 Å². The summed E-state index contributed by atoms with van der Waals surface area (Å²) in [6.45, 7) is 0.449. The molecule has 2 aromatic carbocycles. The number of methoxy groups -OCH3 is 2. The Hall–Kier alpha value is -3.52. The minimum absolute atomic E-state index is 0.267. The monoisotopic (exact) mass is 420 g/mol. The summed E-state index contributed by atoms with van der Waals surface area (Å²) in [7, 11) is 3.20. The summed E-state index contributed by atoms with van der Waals surface area (Å²) in [5.74, 6) is 1.05. The topological polar surface area (TPSA) is 86.2 Å². The summed E-state index contributed by atoms with van der Waals surface area (Å²) in [6.07, 6.45) is 3.73. The van der Waals surface area contributed by atoms with Gasteiger partial charge >= 0.3 is 0 Å². The molecule has 0 saturated heterocycles. The van der Waals surface area contributed by atoms with Crippen molar-refractivity contribution in [1.29, 1.82) is 0 Å². The predicted octanol–water partition coefficient (Wildman–Crippen LogP) is 3.74. The molecule has 1 amide bonds. The van der Waals surface area contributed by atoms with Crippen molar-refractivity contribution >= 4 is 27.5 Å². The number of thiazole rings is 1. The highest BCUT2D eigenvalue weighted by molar-refractivity contribution is 7.21. The van der Waals surface area contributed by atoms with Gasteiger partial charge in [0, 0.05) is 18.9 Å². The van der Waals surface area contributed by atoms with E-state index in [1.54, 1.807) is 20.4 Å². The highest BCUT2D eigenvalue weighted by Gasteiger charge is 2.18. The van der Waals surface area contributed by atoms with Crippen LogP contribution in [0.15, 0.2) is 54.9 Å². The number of para-hydroxylation sites is 1. The molecule has 8 heteroatoms. The minimum Gasteiger partial charge on any atom is -0.493 e. The summed E-state index contributed by atoms with van der Waals surface area (Å²) in [6, 6.07) is 13.5. The first-order valence-corrected chi connectivity index (χ1v) is 10.2. The second-order valence-electron chi connectivity index (χ2n) is 6.44. The quantitative estimate of drug-likeness (QED) is 0.490. The SMILES string of the molecule is COc1ccc(CCNC(=O)c2nccnc2-c2nc3ccccc3s2)cc1OC. The number of nitrogens with one attached hydrogen (secondary N) is 1. The lowest BCUT2D eigenvalue weighted by Gasteiger charge is -2.10. The third-order valence-corrected chi connectivity index (χ3v) is 5.60. The molecule has 0 radical (unpaired) electrons. The fraction of sp³-hybridized carbons (Fsp3) is 0.182. The second kappa shape index (κ2) is 8.87. The number of benzene rings is 2. The van der Waals surface area contributed by atoms with Crippen LogP contribution >= 0.6 is 11.3 Å². The zero-order chi connectivity index (χ0) is 20.9. The Morgan fingerprint density at radius 2 is 1.83 bits per heavy atom. The van der Waals surface area contributed by atoms with Gasteiger partial charge in [0.15, 0.2) is 17.2 Å². The first kappa shape index (κ1) is 19.8. The standard InChI is InChI=1S/C22H20N4O3S/c1-28-16-8-7-14(13-17(16)29-2)9-10-25-21(27)19-20(24-12-11-23-19)22-26-15-5-3-4-6-18(15)30-22/h3-8,11-13H,9-10H2,1-2H3,(H,25,27). The van der Waals surface area contributed by atoms with Gasteiger partial charge in [0.2, 0.25) is 0 Å². The molecule has 2 aromatic heterocycles. The number of carbonyl (C=O) groups is 1. The van der Waals surface area contributed by atoms with Gasteiger partial charge in [0.1, 0.15) is 10.7 Å². The molecule has 30 heavy (non-hydrogen) atoms. The molecule has 0 aliphatic rings. The van der Waals surface area contributed by atoms with E-state index < -0.39 is 0 Å². The molecule has 0 fully saturated rings. The number of fused-ring (bicyclic) bond motifs is 1. The number of ether oxygens (including phenoxy) is 2. The van der Waals surface area contributed by atoms with Crippen molar-refractivity contribution in [2.45, 2.75) is 6.42 Å². The lowest BCUT2D eigenvalue weighted by Crippen LogP contribution is -2.27. The van der Waals surface area contributed by atoms with E-state index in [0.717, 1.165) is 15.8 Å². The maximum Gasteiger partial charge on any atom is 0.272 e. The Labute approximate surface area is 177 Å². The molecule has 7 nitrogen and oxygen atoms in total. The van der Waals surface area contributed by atoms with Crippen molar-refractivity contribution in [3.05, 3.63) is 66.1 Å². The van der Waals surface area contributed by atoms with Crippen molar-refractivity contribution in [1.82, 2.24) is 20.3 Å². The molecule has 2 heterocycles. The van der Waals surface area contributed by atoms with E-state index in [4.69, 9.17) is 9.47 Å². The summed E-state index contributed by atoms with van der Waals surface area (Å²) in [4.78, 5) is 26.0. The van der Waals surface area contributed by atoms with Crippen LogP contribution in [0.1, 0.15) is 16.1 Å². The maximum atomic E-state index is 12.8. The van der Waals surface area contributed by atoms with Crippen LogP contribution in [0.25, 0.3) is 20.9 Å². The Bertz CT molecular complexity index is 1160. The summed E-state index contributed by atoms with van der Waals surface area (Å²) >= 11 is 1.49. The second-order valence-corrected chi connectivity index (χ2v) is 7.47. The van der Waals surface area contributed by atoms with Gasteiger partial charge in [-0.15, -0.1) is 11.3 Å². The zero-order valence-electron chi connectivity index (χ0n) is 16.6. The molecule has 0 unspecified atom stereocenters. The van der Waals surface area contributed by atoms with Crippen molar-refractivity contribution in [2.24, 2.45) is 0 Å². The van der Waals surface area contributed by atoms with Gasteiger partial charge in [0.05, 0.1) is 24.4 Å². The van der Waals surface area contributed by atoms with Crippen LogP contribution in [0.2, 0.25) is 0 Å². The summed E-state index contributed by atoms with van der Waals surface area (Å²) in [5.41, 5.74) is 2.66. The molecule has 0 aliphatic carbocycles. The Morgan fingerprint density at radius 1 is 1.03 bits per heavy atom. The van der Waals surface area contributed by atoms with Crippen LogP contribution < -0.4 is 14.8 Å². The molecular weight excluding hydrogens is 400 g/mol. The molecule has 0 spiro atoms. The van der Waals surface area contributed by atoms with Gasteiger partial charge in [-0.25, -0.2) is 15.0 Å². The average molecular weight is 420 g/mol. The zero-order valence-corrected chi connectivity index (χ0v) is 17.4. The fourth-order valence-corrected chi connectivity index (χ4v) is 4.04. The van der Waals surface area contributed by atoms with Crippen LogP contribution in [0, 0.1) is 0 Å². The van der Waals surface area contributed by atoms with Crippen molar-refractivity contribution in [3.8, 4) is 22.2 Å². The normalized spacial score (nSPS) is 10.7. The minimum atomic E-state index is -0.280. The highest BCUT2D eigenvalue weighted by Crippen LogP contribution is 2.30. The molecule has 4 aromatic rings. The first-order valence-electron chi connectivity index (χ1n) is 9.35. The lowest BCUT2D eigenvalue weighted by molar-refractivity contribution is 0.0949. The fourth-order valence-electron chi connectivity index (χ4n) is 3.07. The molecule has 0 bridgehead atoms. The van der Waals surface area contributed by atoms with Gasteiger partial charge in [-0.1, -0.05) is 18.2 Å². The number of nitrogens with zero attached hydrogens (tertiary/aromatic N) is 3. The maximum absolute atomic E-state index is 12.8. The van der Waals surface area contributed by atoms with Crippen LogP contribution in [0.5, 0.6) is 11.5 Å². The first-order chi connectivity index (χ1) is 14.7. The van der Waals surface area contributed by atoms with E-state index in [0.29, 0.717) is 35.2 Å². The van der Waals surface area contributed by atoms with Gasteiger partial charge < -0.3 is 14.8 Å². The van der Waals surface area contributed by atoms with E-state index in [2.05, 4.69) is 20.3 Å². The smallest absolute Gasteiger partial charge is 0.272 e. The third kappa shape index (κ3) is 4.08. The molecule has 0 atom stereocenters. The van der Waals surface area contributed by atoms with Gasteiger partial charge in [0.25, 0.3) is 5.91 Å². The number of hydrogen-bond donors (Lipinski definition) is 1. The lowest BCUT2D eigenvalue weighted by atomic mass is 10.1. The average Bonchev–Trinajstić information content (AvgIpc) is 3.23. The van der Waals surface area contributed by atoms with E-state index in [9.17, 15) is 4.79 Å². The molecule has 1 N–H and O–H groups in total. The summed E-state index contributed by atoms with van der Waals surface area (Å²) < 4.78 is 11.6. The van der Waals surface area contributed by atoms with E-state index in [1.807, 2.05) is 42.5 Å². The molecule has 4 rings (SSSR count). The number of amides is 1. The van der Waals surface area contributed by atoms with E-state index in [-0.39, 0.29) is 11.6 Å². The molecule has 152 valence electrons. The van der Waals surface area contributed by atoms with Gasteiger partial charge in [-0.3, -0.25) is 4.79 Å². The van der Waals surface area contributed by atoms with Crippen molar-refractivity contribution < 1.29 is 14.3 Å². The summed E-state index contributed by atoms with van der Waals surface area (Å²) in [5, 5.41) is 3.60. The number of rotatable bonds is 7. The van der Waals surface area contributed by atoms with Gasteiger partial charge in [-0.2, -0.15) is 0 Å². The van der Waals surface area contributed by atoms with Crippen LogP contribution in [0.3, 0.4) is 0 Å². The van der Waals surface area contributed by atoms with Crippen LogP contribution in [-0.4, -0.2) is 41.6 Å². The molecule has 0 saturated carbocycles. The number of hydrogen-bond acceptors (Lipinski definition) is 7. The predicted molar refractivity (Wildman–Crippen MR) is 116 cm³/mol. The van der Waals surface area contributed by atoms with E-state index in [1.165, 1.54) is 17.5 Å².